The summed E-state index contributed by atoms with van der Waals surface area (Å²) < 4.78 is 18.6. The van der Waals surface area contributed by atoms with Crippen molar-refractivity contribution in [3.05, 3.63) is 63.5 Å². The van der Waals surface area contributed by atoms with Gasteiger partial charge in [0.2, 0.25) is 0 Å². The van der Waals surface area contributed by atoms with Crippen LogP contribution in [0.3, 0.4) is 0 Å². The van der Waals surface area contributed by atoms with Crippen LogP contribution in [0.25, 0.3) is 0 Å². The number of carbonyl (C=O) groups excluding carboxylic acids is 1. The summed E-state index contributed by atoms with van der Waals surface area (Å²) in [6.45, 7) is 0. The summed E-state index contributed by atoms with van der Waals surface area (Å²) in [6, 6.07) is 8.99. The molecule has 2 rings (SSSR count). The molecule has 8 heteroatoms. The monoisotopic (exact) mass is 315 g/mol. The first-order valence-corrected chi connectivity index (χ1v) is 6.29. The Morgan fingerprint density at radius 1 is 1.35 bits per heavy atom. The van der Waals surface area contributed by atoms with Gasteiger partial charge < -0.3 is 10.1 Å². The smallest absolute Gasteiger partial charge is 0.312 e. The van der Waals surface area contributed by atoms with E-state index in [9.17, 15) is 19.3 Å². The fraction of sp³-hybridized carbons (Fsp3) is 0.0667. The van der Waals surface area contributed by atoms with Crippen LogP contribution in [0.2, 0.25) is 0 Å². The van der Waals surface area contributed by atoms with Crippen molar-refractivity contribution in [1.82, 2.24) is 0 Å². The Bertz CT molecular complexity index is 830. The van der Waals surface area contributed by atoms with Gasteiger partial charge in [-0.3, -0.25) is 14.9 Å². The number of rotatable bonds is 4. The molecule has 116 valence electrons. The highest BCUT2D eigenvalue weighted by molar-refractivity contribution is 6.04. The molecule has 0 bridgehead atoms. The molecule has 0 aliphatic rings. The van der Waals surface area contributed by atoms with Crippen LogP contribution >= 0.6 is 0 Å². The van der Waals surface area contributed by atoms with Gasteiger partial charge >= 0.3 is 5.69 Å². The number of nitrogens with one attached hydrogen (secondary N) is 1. The minimum atomic E-state index is -0.857. The van der Waals surface area contributed by atoms with E-state index in [1.54, 1.807) is 6.07 Å². The molecule has 0 spiro atoms. The first-order valence-electron chi connectivity index (χ1n) is 6.29. The van der Waals surface area contributed by atoms with Gasteiger partial charge in [-0.15, -0.1) is 0 Å². The predicted molar refractivity (Wildman–Crippen MR) is 78.7 cm³/mol. The van der Waals surface area contributed by atoms with E-state index >= 15 is 0 Å². The second-order valence-corrected chi connectivity index (χ2v) is 4.40. The molecule has 2 aromatic rings. The molecule has 2 aromatic carbocycles. The van der Waals surface area contributed by atoms with Crippen LogP contribution < -0.4 is 10.1 Å². The van der Waals surface area contributed by atoms with Crippen molar-refractivity contribution in [2.24, 2.45) is 0 Å². The molecular formula is C15H10FN3O4. The molecule has 0 saturated carbocycles. The Balaban J connectivity index is 2.29. The molecule has 0 aliphatic heterocycles. The van der Waals surface area contributed by atoms with E-state index in [1.807, 2.05) is 0 Å². The number of nitriles is 1. The Hall–Kier alpha value is -3.47. The van der Waals surface area contributed by atoms with E-state index in [2.05, 4.69) is 5.32 Å². The summed E-state index contributed by atoms with van der Waals surface area (Å²) in [5.41, 5.74) is -0.404. The summed E-state index contributed by atoms with van der Waals surface area (Å²) in [7, 11) is 1.28. The van der Waals surface area contributed by atoms with Gasteiger partial charge in [0, 0.05) is 11.8 Å². The first-order chi connectivity index (χ1) is 11.0. The number of anilines is 1. The number of hydrogen-bond acceptors (Lipinski definition) is 5. The fourth-order valence-corrected chi connectivity index (χ4v) is 1.88. The summed E-state index contributed by atoms with van der Waals surface area (Å²) in [5.74, 6) is -1.60. The lowest BCUT2D eigenvalue weighted by Crippen LogP contribution is -2.14. The number of methoxy groups -OCH3 is 1. The van der Waals surface area contributed by atoms with Crippen molar-refractivity contribution in [1.29, 1.82) is 5.26 Å². The Morgan fingerprint density at radius 2 is 2.09 bits per heavy atom. The molecule has 1 amide bonds. The molecule has 7 nitrogen and oxygen atoms in total. The lowest BCUT2D eigenvalue weighted by Gasteiger charge is -2.08. The number of benzene rings is 2. The molecule has 0 radical (unpaired) electrons. The van der Waals surface area contributed by atoms with Crippen molar-refractivity contribution in [3.8, 4) is 11.8 Å². The highest BCUT2D eigenvalue weighted by Crippen LogP contribution is 2.29. The van der Waals surface area contributed by atoms with Crippen molar-refractivity contribution >= 4 is 17.3 Å². The van der Waals surface area contributed by atoms with E-state index in [0.29, 0.717) is 0 Å². The SMILES string of the molecule is COc1ccc(NC(=O)c2ccc(C#N)cc2F)cc1[N+](=O)[O-]. The van der Waals surface area contributed by atoms with Crippen LogP contribution in [-0.2, 0) is 0 Å². The molecule has 0 saturated heterocycles. The van der Waals surface area contributed by atoms with E-state index in [0.717, 1.165) is 12.1 Å². The van der Waals surface area contributed by atoms with Crippen molar-refractivity contribution < 1.29 is 18.8 Å². The Morgan fingerprint density at radius 3 is 2.65 bits per heavy atom. The van der Waals surface area contributed by atoms with Crippen LogP contribution in [0, 0.1) is 27.3 Å². The van der Waals surface area contributed by atoms with Gasteiger partial charge in [0.1, 0.15) is 5.82 Å². The maximum absolute atomic E-state index is 13.8. The van der Waals surface area contributed by atoms with Crippen LogP contribution in [0.1, 0.15) is 15.9 Å². The number of nitrogens with zero attached hydrogens (tertiary/aromatic N) is 2. The molecule has 0 fully saturated rings. The zero-order chi connectivity index (χ0) is 17.0. The topological polar surface area (TPSA) is 105 Å². The second kappa shape index (κ2) is 6.53. The zero-order valence-electron chi connectivity index (χ0n) is 11.9. The standard InChI is InChI=1S/C15H10FN3O4/c1-23-14-5-3-10(7-13(14)19(21)22)18-15(20)11-4-2-9(8-17)6-12(11)16/h2-7H,1H3,(H,18,20). The molecule has 0 atom stereocenters. The molecule has 0 unspecified atom stereocenters. The fourth-order valence-electron chi connectivity index (χ4n) is 1.88. The summed E-state index contributed by atoms with van der Waals surface area (Å²) in [4.78, 5) is 22.3. The number of carbonyl (C=O) groups is 1. The third kappa shape index (κ3) is 3.41. The van der Waals surface area contributed by atoms with Crippen LogP contribution in [0.15, 0.2) is 36.4 Å². The first kappa shape index (κ1) is 15.9. The van der Waals surface area contributed by atoms with Crippen LogP contribution in [0.4, 0.5) is 15.8 Å². The number of ether oxygens (including phenoxy) is 1. The number of nitro groups is 1. The third-order valence-corrected chi connectivity index (χ3v) is 2.98. The quantitative estimate of drug-likeness (QED) is 0.690. The zero-order valence-corrected chi connectivity index (χ0v) is 11.9. The predicted octanol–water partition coefficient (Wildman–Crippen LogP) is 2.87. The van der Waals surface area contributed by atoms with E-state index in [4.69, 9.17) is 10.00 Å². The molecule has 1 N–H and O–H groups in total. The number of hydrogen-bond donors (Lipinski definition) is 1. The van der Waals surface area contributed by atoms with Crippen molar-refractivity contribution in [2.45, 2.75) is 0 Å². The third-order valence-electron chi connectivity index (χ3n) is 2.98. The second-order valence-electron chi connectivity index (χ2n) is 4.40. The van der Waals surface area contributed by atoms with Crippen LogP contribution in [0.5, 0.6) is 5.75 Å². The normalized spacial score (nSPS) is 9.78. The Kier molecular flexibility index (Phi) is 4.52. The maximum Gasteiger partial charge on any atom is 0.312 e. The van der Waals surface area contributed by atoms with Gasteiger partial charge in [0.25, 0.3) is 5.91 Å². The van der Waals surface area contributed by atoms with E-state index < -0.39 is 16.6 Å². The Labute approximate surface area is 130 Å². The highest BCUT2D eigenvalue weighted by atomic mass is 19.1. The molecule has 0 aliphatic carbocycles. The average Bonchev–Trinajstić information content (AvgIpc) is 2.54. The van der Waals surface area contributed by atoms with E-state index in [-0.39, 0.29) is 28.3 Å². The maximum atomic E-state index is 13.8. The van der Waals surface area contributed by atoms with Gasteiger partial charge in [0.15, 0.2) is 5.75 Å². The van der Waals surface area contributed by atoms with Gasteiger partial charge in [-0.2, -0.15) is 5.26 Å². The number of nitro benzene ring substituents is 1. The van der Waals surface area contributed by atoms with Gasteiger partial charge in [-0.05, 0) is 30.3 Å². The van der Waals surface area contributed by atoms with Crippen molar-refractivity contribution in [3.63, 3.8) is 0 Å². The van der Waals surface area contributed by atoms with Crippen LogP contribution in [-0.4, -0.2) is 17.9 Å². The average molecular weight is 315 g/mol. The van der Waals surface area contributed by atoms with Gasteiger partial charge in [0.05, 0.1) is 29.2 Å². The molecular weight excluding hydrogens is 305 g/mol. The minimum Gasteiger partial charge on any atom is -0.490 e. The van der Waals surface area contributed by atoms with Gasteiger partial charge in [-0.25, -0.2) is 4.39 Å². The highest BCUT2D eigenvalue weighted by Gasteiger charge is 2.18. The summed E-state index contributed by atoms with van der Waals surface area (Å²) >= 11 is 0. The number of halogens is 1. The van der Waals surface area contributed by atoms with Crippen molar-refractivity contribution in [2.75, 3.05) is 12.4 Å². The molecule has 0 aromatic heterocycles. The lowest BCUT2D eigenvalue weighted by atomic mass is 10.1. The van der Waals surface area contributed by atoms with E-state index in [1.165, 1.54) is 31.4 Å². The summed E-state index contributed by atoms with van der Waals surface area (Å²) in [6.07, 6.45) is 0. The molecule has 0 heterocycles. The number of amides is 1. The minimum absolute atomic E-state index is 0.0394. The summed E-state index contributed by atoms with van der Waals surface area (Å²) in [5, 5.41) is 22.0. The lowest BCUT2D eigenvalue weighted by molar-refractivity contribution is -0.385. The van der Waals surface area contributed by atoms with Gasteiger partial charge in [-0.1, -0.05) is 0 Å². The largest absolute Gasteiger partial charge is 0.490 e. The molecule has 23 heavy (non-hydrogen) atoms.